The summed E-state index contributed by atoms with van der Waals surface area (Å²) in [6.45, 7) is 10.8. The molecule has 0 spiro atoms. The minimum Gasteiger partial charge on any atom is -0.316 e. The molecule has 1 fully saturated rings. The lowest BCUT2D eigenvalue weighted by Gasteiger charge is -2.37. The van der Waals surface area contributed by atoms with Crippen LogP contribution in [0.15, 0.2) is 24.4 Å². The maximum absolute atomic E-state index is 4.69. The Labute approximate surface area is 167 Å². The number of hydrogen-bond acceptors (Lipinski definition) is 4. The zero-order valence-corrected chi connectivity index (χ0v) is 17.7. The van der Waals surface area contributed by atoms with Gasteiger partial charge in [-0.2, -0.15) is 0 Å². The third kappa shape index (κ3) is 3.81. The molecular formula is C23H31N5. The van der Waals surface area contributed by atoms with E-state index >= 15 is 0 Å². The number of hydrogen-bond donors (Lipinski definition) is 0. The number of rotatable bonds is 4. The monoisotopic (exact) mass is 377 g/mol. The van der Waals surface area contributed by atoms with Crippen LogP contribution >= 0.6 is 0 Å². The summed E-state index contributed by atoms with van der Waals surface area (Å²) in [5.74, 6) is 1.71. The SMILES string of the molecule is Cc1cc(C[C@H]2CCCN(C(C)c3cnc4c(c3)nc(C)n4C)C2)cc(C)n1. The first-order valence-corrected chi connectivity index (χ1v) is 10.4. The number of pyridine rings is 2. The van der Waals surface area contributed by atoms with Crippen LogP contribution in [0.1, 0.15) is 54.1 Å². The molecule has 1 saturated heterocycles. The lowest BCUT2D eigenvalue weighted by Crippen LogP contribution is -2.38. The van der Waals surface area contributed by atoms with Crippen LogP contribution in [0.4, 0.5) is 0 Å². The molecule has 1 aliphatic rings. The fourth-order valence-electron chi connectivity index (χ4n) is 4.63. The molecule has 2 atom stereocenters. The van der Waals surface area contributed by atoms with E-state index in [2.05, 4.69) is 58.4 Å². The lowest BCUT2D eigenvalue weighted by atomic mass is 9.90. The second-order valence-electron chi connectivity index (χ2n) is 8.47. The molecule has 0 radical (unpaired) electrons. The third-order valence-corrected chi connectivity index (χ3v) is 6.20. The van der Waals surface area contributed by atoms with Gasteiger partial charge in [-0.25, -0.2) is 9.97 Å². The fourth-order valence-corrected chi connectivity index (χ4v) is 4.63. The molecule has 148 valence electrons. The Morgan fingerprint density at radius 3 is 2.61 bits per heavy atom. The molecule has 0 aliphatic carbocycles. The summed E-state index contributed by atoms with van der Waals surface area (Å²) >= 11 is 0. The van der Waals surface area contributed by atoms with Gasteiger partial charge < -0.3 is 4.57 Å². The lowest BCUT2D eigenvalue weighted by molar-refractivity contribution is 0.131. The molecule has 3 aromatic rings. The van der Waals surface area contributed by atoms with Crippen molar-refractivity contribution < 1.29 is 0 Å². The summed E-state index contributed by atoms with van der Waals surface area (Å²) in [6.07, 6.45) is 5.74. The number of aryl methyl sites for hydroxylation is 4. The van der Waals surface area contributed by atoms with Gasteiger partial charge in [-0.1, -0.05) is 0 Å². The smallest absolute Gasteiger partial charge is 0.159 e. The average Bonchev–Trinajstić information content (AvgIpc) is 2.94. The van der Waals surface area contributed by atoms with Crippen molar-refractivity contribution in [3.05, 3.63) is 52.7 Å². The molecule has 1 aliphatic heterocycles. The Kier molecular flexibility index (Phi) is 5.19. The van der Waals surface area contributed by atoms with Crippen molar-refractivity contribution in [3.8, 4) is 0 Å². The molecule has 5 nitrogen and oxygen atoms in total. The Morgan fingerprint density at radius 2 is 1.86 bits per heavy atom. The second-order valence-corrected chi connectivity index (χ2v) is 8.47. The van der Waals surface area contributed by atoms with Crippen molar-refractivity contribution in [1.82, 2.24) is 24.4 Å². The zero-order valence-electron chi connectivity index (χ0n) is 17.7. The van der Waals surface area contributed by atoms with Crippen LogP contribution in [-0.4, -0.2) is 37.5 Å². The summed E-state index contributed by atoms with van der Waals surface area (Å²) in [4.78, 5) is 16.5. The van der Waals surface area contributed by atoms with E-state index in [0.717, 1.165) is 47.9 Å². The highest BCUT2D eigenvalue weighted by Gasteiger charge is 2.25. The second kappa shape index (κ2) is 7.63. The van der Waals surface area contributed by atoms with Crippen LogP contribution in [0, 0.1) is 26.7 Å². The number of likely N-dealkylation sites (tertiary alicyclic amines) is 1. The van der Waals surface area contributed by atoms with E-state index in [0.29, 0.717) is 12.0 Å². The Morgan fingerprint density at radius 1 is 1.11 bits per heavy atom. The highest BCUT2D eigenvalue weighted by molar-refractivity contribution is 5.72. The van der Waals surface area contributed by atoms with Gasteiger partial charge in [0.25, 0.3) is 0 Å². The topological polar surface area (TPSA) is 46.8 Å². The van der Waals surface area contributed by atoms with E-state index in [4.69, 9.17) is 4.98 Å². The Bertz CT molecular complexity index is 970. The van der Waals surface area contributed by atoms with E-state index in [9.17, 15) is 0 Å². The summed E-state index contributed by atoms with van der Waals surface area (Å²) < 4.78 is 2.05. The van der Waals surface area contributed by atoms with Gasteiger partial charge >= 0.3 is 0 Å². The Hall–Kier alpha value is -2.27. The van der Waals surface area contributed by atoms with Crippen molar-refractivity contribution in [2.24, 2.45) is 13.0 Å². The molecule has 4 rings (SSSR count). The molecule has 3 aromatic heterocycles. The highest BCUT2D eigenvalue weighted by atomic mass is 15.2. The molecule has 1 unspecified atom stereocenters. The zero-order chi connectivity index (χ0) is 19.8. The van der Waals surface area contributed by atoms with Crippen LogP contribution in [0.25, 0.3) is 11.2 Å². The van der Waals surface area contributed by atoms with E-state index in [-0.39, 0.29) is 0 Å². The molecule has 0 aromatic carbocycles. The summed E-state index contributed by atoms with van der Waals surface area (Å²) in [6, 6.07) is 7.08. The molecule has 0 bridgehead atoms. The van der Waals surface area contributed by atoms with Gasteiger partial charge in [-0.05, 0) is 88.7 Å². The Balaban J connectivity index is 1.49. The van der Waals surface area contributed by atoms with E-state index in [1.807, 2.05) is 20.2 Å². The number of imidazole rings is 1. The van der Waals surface area contributed by atoms with Gasteiger partial charge in [0.2, 0.25) is 0 Å². The maximum Gasteiger partial charge on any atom is 0.159 e. The molecule has 0 amide bonds. The van der Waals surface area contributed by atoms with Crippen LogP contribution < -0.4 is 0 Å². The predicted molar refractivity (Wildman–Crippen MR) is 113 cm³/mol. The van der Waals surface area contributed by atoms with E-state index in [1.54, 1.807) is 0 Å². The first-order valence-electron chi connectivity index (χ1n) is 10.4. The van der Waals surface area contributed by atoms with Crippen molar-refractivity contribution in [2.75, 3.05) is 13.1 Å². The molecule has 28 heavy (non-hydrogen) atoms. The van der Waals surface area contributed by atoms with Crippen LogP contribution in [0.3, 0.4) is 0 Å². The fraction of sp³-hybridized carbons (Fsp3) is 0.522. The number of nitrogens with zero attached hydrogens (tertiary/aromatic N) is 5. The van der Waals surface area contributed by atoms with Crippen molar-refractivity contribution in [3.63, 3.8) is 0 Å². The van der Waals surface area contributed by atoms with E-state index in [1.165, 1.54) is 24.0 Å². The van der Waals surface area contributed by atoms with Gasteiger partial charge in [-0.3, -0.25) is 9.88 Å². The molecule has 0 saturated carbocycles. The maximum atomic E-state index is 4.69. The van der Waals surface area contributed by atoms with Crippen molar-refractivity contribution in [2.45, 2.75) is 53.0 Å². The van der Waals surface area contributed by atoms with Gasteiger partial charge in [0.15, 0.2) is 5.65 Å². The van der Waals surface area contributed by atoms with Crippen LogP contribution in [0.2, 0.25) is 0 Å². The third-order valence-electron chi connectivity index (χ3n) is 6.20. The standard InChI is InChI=1S/C23H31N5/c1-15-9-20(10-16(2)25-15)11-19-7-6-8-28(14-19)17(3)21-12-22-23(24-13-21)27(5)18(4)26-22/h9-10,12-13,17,19H,6-8,11,14H2,1-5H3/t17?,19-/m1/s1. The van der Waals surface area contributed by atoms with Gasteiger partial charge in [0.1, 0.15) is 11.3 Å². The van der Waals surface area contributed by atoms with Crippen LogP contribution in [0.5, 0.6) is 0 Å². The largest absolute Gasteiger partial charge is 0.316 e. The first kappa shape index (κ1) is 19.1. The van der Waals surface area contributed by atoms with Gasteiger partial charge in [-0.15, -0.1) is 0 Å². The molecule has 5 heteroatoms. The van der Waals surface area contributed by atoms with Crippen molar-refractivity contribution >= 4 is 11.2 Å². The minimum absolute atomic E-state index is 0.364. The number of fused-ring (bicyclic) bond motifs is 1. The number of aromatic nitrogens is 4. The molecule has 4 heterocycles. The normalized spacial score (nSPS) is 19.2. The predicted octanol–water partition coefficient (Wildman–Crippen LogP) is 4.30. The summed E-state index contributed by atoms with van der Waals surface area (Å²) in [5, 5.41) is 0. The quantitative estimate of drug-likeness (QED) is 0.680. The summed E-state index contributed by atoms with van der Waals surface area (Å²) in [7, 11) is 2.03. The highest BCUT2D eigenvalue weighted by Crippen LogP contribution is 2.29. The average molecular weight is 378 g/mol. The van der Waals surface area contributed by atoms with E-state index < -0.39 is 0 Å². The molecular weight excluding hydrogens is 346 g/mol. The minimum atomic E-state index is 0.364. The molecule has 0 N–H and O–H groups in total. The summed E-state index contributed by atoms with van der Waals surface area (Å²) in [5.41, 5.74) is 6.91. The van der Waals surface area contributed by atoms with Gasteiger partial charge in [0.05, 0.1) is 0 Å². The van der Waals surface area contributed by atoms with Gasteiger partial charge in [0, 0.05) is 37.2 Å². The van der Waals surface area contributed by atoms with Crippen molar-refractivity contribution in [1.29, 1.82) is 0 Å². The first-order chi connectivity index (χ1) is 13.4. The number of piperidine rings is 1. The van der Waals surface area contributed by atoms with Crippen LogP contribution in [-0.2, 0) is 13.5 Å².